The molecule has 0 aromatic heterocycles. The molecule has 29 heavy (non-hydrogen) atoms. The Labute approximate surface area is 169 Å². The lowest BCUT2D eigenvalue weighted by molar-refractivity contribution is -0.384. The van der Waals surface area contributed by atoms with Crippen LogP contribution in [0.2, 0.25) is 0 Å². The lowest BCUT2D eigenvalue weighted by atomic mass is 10.1. The second kappa shape index (κ2) is 9.97. The number of hydrogen-bond donors (Lipinski definition) is 2. The highest BCUT2D eigenvalue weighted by atomic mass is 19.1. The van der Waals surface area contributed by atoms with Crippen molar-refractivity contribution in [3.8, 4) is 0 Å². The number of non-ortho nitro benzene ring substituents is 1. The van der Waals surface area contributed by atoms with Gasteiger partial charge in [-0.3, -0.25) is 10.1 Å². The monoisotopic (exact) mass is 400 g/mol. The standard InChI is InChI=1S/C21H25FN4O3/c1-15(20-3-2-12-29-20)25-21(23-13-16-4-8-18(22)9-5-16)24-14-17-6-10-19(11-7-17)26(27)28/h4-11,15,20H,2-3,12-14H2,1H3,(H2,23,24,25). The van der Waals surface area contributed by atoms with E-state index >= 15 is 0 Å². The van der Waals surface area contributed by atoms with Gasteiger partial charge in [-0.2, -0.15) is 0 Å². The fourth-order valence-electron chi connectivity index (χ4n) is 3.14. The van der Waals surface area contributed by atoms with Crippen molar-refractivity contribution in [2.24, 2.45) is 4.99 Å². The van der Waals surface area contributed by atoms with E-state index in [0.29, 0.717) is 19.0 Å². The lowest BCUT2D eigenvalue weighted by Crippen LogP contribution is -2.46. The van der Waals surface area contributed by atoms with Crippen LogP contribution in [0.5, 0.6) is 0 Å². The fourth-order valence-corrected chi connectivity index (χ4v) is 3.14. The highest BCUT2D eigenvalue weighted by Gasteiger charge is 2.23. The molecule has 0 bridgehead atoms. The summed E-state index contributed by atoms with van der Waals surface area (Å²) in [7, 11) is 0. The number of guanidine groups is 1. The minimum atomic E-state index is -0.419. The molecule has 1 aliphatic heterocycles. The summed E-state index contributed by atoms with van der Waals surface area (Å²) in [6.07, 6.45) is 2.18. The Morgan fingerprint density at radius 3 is 2.55 bits per heavy atom. The first kappa shape index (κ1) is 20.7. The average Bonchev–Trinajstić information content (AvgIpc) is 3.26. The van der Waals surface area contributed by atoms with Crippen LogP contribution in [0, 0.1) is 15.9 Å². The molecule has 2 aromatic rings. The topological polar surface area (TPSA) is 88.8 Å². The summed E-state index contributed by atoms with van der Waals surface area (Å²) in [5.41, 5.74) is 1.85. The number of aliphatic imine (C=N–C) groups is 1. The van der Waals surface area contributed by atoms with E-state index in [-0.39, 0.29) is 23.7 Å². The molecule has 8 heteroatoms. The van der Waals surface area contributed by atoms with Crippen molar-refractivity contribution in [2.75, 3.05) is 6.61 Å². The predicted octanol–water partition coefficient (Wildman–Crippen LogP) is 3.54. The minimum absolute atomic E-state index is 0.0593. The fraction of sp³-hybridized carbons (Fsp3) is 0.381. The molecular formula is C21H25FN4O3. The molecule has 1 heterocycles. The van der Waals surface area contributed by atoms with E-state index in [0.717, 1.165) is 30.6 Å². The maximum atomic E-state index is 13.1. The van der Waals surface area contributed by atoms with E-state index in [1.165, 1.54) is 24.3 Å². The quantitative estimate of drug-likeness (QED) is 0.321. The third-order valence-corrected chi connectivity index (χ3v) is 4.83. The molecule has 0 radical (unpaired) electrons. The summed E-state index contributed by atoms with van der Waals surface area (Å²) >= 11 is 0. The Kier molecular flexibility index (Phi) is 7.13. The van der Waals surface area contributed by atoms with E-state index in [4.69, 9.17) is 4.74 Å². The molecule has 2 atom stereocenters. The summed E-state index contributed by atoms with van der Waals surface area (Å²) in [6.45, 7) is 3.69. The summed E-state index contributed by atoms with van der Waals surface area (Å²) in [5.74, 6) is 0.329. The predicted molar refractivity (Wildman–Crippen MR) is 109 cm³/mol. The Balaban J connectivity index is 1.66. The number of benzene rings is 2. The first-order chi connectivity index (χ1) is 14.0. The number of nitrogens with zero attached hydrogens (tertiary/aromatic N) is 2. The van der Waals surface area contributed by atoms with E-state index in [9.17, 15) is 14.5 Å². The SMILES string of the molecule is CC(NC(=NCc1ccc(F)cc1)NCc1ccc([N+](=O)[O-])cc1)C1CCCO1. The molecule has 0 aliphatic carbocycles. The third-order valence-electron chi connectivity index (χ3n) is 4.83. The molecule has 1 fully saturated rings. The first-order valence-corrected chi connectivity index (χ1v) is 9.65. The van der Waals surface area contributed by atoms with Crippen molar-refractivity contribution in [3.63, 3.8) is 0 Å². The van der Waals surface area contributed by atoms with E-state index < -0.39 is 4.92 Å². The molecule has 1 aliphatic rings. The molecule has 0 spiro atoms. The van der Waals surface area contributed by atoms with Gasteiger partial charge in [-0.1, -0.05) is 24.3 Å². The molecule has 2 N–H and O–H groups in total. The van der Waals surface area contributed by atoms with Gasteiger partial charge in [0.15, 0.2) is 5.96 Å². The second-order valence-electron chi connectivity index (χ2n) is 7.05. The normalized spacial score (nSPS) is 17.7. The largest absolute Gasteiger partial charge is 0.376 e. The smallest absolute Gasteiger partial charge is 0.269 e. The second-order valence-corrected chi connectivity index (χ2v) is 7.05. The van der Waals surface area contributed by atoms with E-state index in [2.05, 4.69) is 22.5 Å². The molecule has 0 saturated carbocycles. The van der Waals surface area contributed by atoms with Crippen molar-refractivity contribution in [1.29, 1.82) is 0 Å². The van der Waals surface area contributed by atoms with Gasteiger partial charge in [0, 0.05) is 25.3 Å². The zero-order valence-corrected chi connectivity index (χ0v) is 16.3. The van der Waals surface area contributed by atoms with Crippen LogP contribution < -0.4 is 10.6 Å². The Morgan fingerprint density at radius 1 is 1.24 bits per heavy atom. The number of nitrogens with one attached hydrogen (secondary N) is 2. The van der Waals surface area contributed by atoms with Gasteiger partial charge in [-0.05, 0) is 43.0 Å². The van der Waals surface area contributed by atoms with Crippen LogP contribution in [0.1, 0.15) is 30.9 Å². The van der Waals surface area contributed by atoms with Crippen LogP contribution in [0.4, 0.5) is 10.1 Å². The Bertz CT molecular complexity index is 834. The molecule has 2 aromatic carbocycles. The summed E-state index contributed by atoms with van der Waals surface area (Å²) in [5, 5.41) is 17.4. The molecule has 3 rings (SSSR count). The van der Waals surface area contributed by atoms with Gasteiger partial charge in [-0.25, -0.2) is 9.38 Å². The highest BCUT2D eigenvalue weighted by Crippen LogP contribution is 2.15. The Morgan fingerprint density at radius 2 is 1.93 bits per heavy atom. The minimum Gasteiger partial charge on any atom is -0.376 e. The summed E-state index contributed by atoms with van der Waals surface area (Å²) in [4.78, 5) is 15.0. The van der Waals surface area contributed by atoms with Crippen molar-refractivity contribution < 1.29 is 14.1 Å². The van der Waals surface area contributed by atoms with Crippen LogP contribution in [0.3, 0.4) is 0 Å². The van der Waals surface area contributed by atoms with Gasteiger partial charge < -0.3 is 15.4 Å². The van der Waals surface area contributed by atoms with Crippen LogP contribution in [0.15, 0.2) is 53.5 Å². The lowest BCUT2D eigenvalue weighted by Gasteiger charge is -2.23. The summed E-state index contributed by atoms with van der Waals surface area (Å²) in [6, 6.07) is 12.7. The maximum Gasteiger partial charge on any atom is 0.269 e. The van der Waals surface area contributed by atoms with Gasteiger partial charge in [-0.15, -0.1) is 0 Å². The third kappa shape index (κ3) is 6.25. The average molecular weight is 400 g/mol. The van der Waals surface area contributed by atoms with Crippen LogP contribution in [-0.2, 0) is 17.8 Å². The zero-order chi connectivity index (χ0) is 20.6. The van der Waals surface area contributed by atoms with Crippen molar-refractivity contribution in [3.05, 3.63) is 75.6 Å². The maximum absolute atomic E-state index is 13.1. The van der Waals surface area contributed by atoms with Gasteiger partial charge in [0.2, 0.25) is 0 Å². The van der Waals surface area contributed by atoms with Crippen LogP contribution in [0.25, 0.3) is 0 Å². The van der Waals surface area contributed by atoms with Crippen molar-refractivity contribution >= 4 is 11.6 Å². The molecule has 1 saturated heterocycles. The Hall–Kier alpha value is -3.00. The van der Waals surface area contributed by atoms with Crippen LogP contribution >= 0.6 is 0 Å². The van der Waals surface area contributed by atoms with E-state index in [1.807, 2.05) is 0 Å². The number of rotatable bonds is 7. The first-order valence-electron chi connectivity index (χ1n) is 9.65. The highest BCUT2D eigenvalue weighted by molar-refractivity contribution is 5.80. The number of halogens is 1. The van der Waals surface area contributed by atoms with Crippen molar-refractivity contribution in [2.45, 2.75) is 45.0 Å². The van der Waals surface area contributed by atoms with Gasteiger partial charge in [0.05, 0.1) is 23.6 Å². The van der Waals surface area contributed by atoms with Gasteiger partial charge in [0.1, 0.15) is 5.82 Å². The number of hydrogen-bond acceptors (Lipinski definition) is 4. The van der Waals surface area contributed by atoms with Crippen LogP contribution in [-0.4, -0.2) is 29.6 Å². The number of nitro groups is 1. The molecule has 0 amide bonds. The molecule has 2 unspecified atom stereocenters. The number of ether oxygens (including phenoxy) is 1. The van der Waals surface area contributed by atoms with Crippen molar-refractivity contribution in [1.82, 2.24) is 10.6 Å². The van der Waals surface area contributed by atoms with E-state index in [1.54, 1.807) is 24.3 Å². The molecule has 7 nitrogen and oxygen atoms in total. The van der Waals surface area contributed by atoms with Gasteiger partial charge in [0.25, 0.3) is 5.69 Å². The van der Waals surface area contributed by atoms with Gasteiger partial charge >= 0.3 is 0 Å². The number of nitro benzene ring substituents is 1. The zero-order valence-electron chi connectivity index (χ0n) is 16.3. The molecule has 154 valence electrons. The molecular weight excluding hydrogens is 375 g/mol. The summed E-state index contributed by atoms with van der Waals surface area (Å²) < 4.78 is 18.8.